The van der Waals surface area contributed by atoms with Gasteiger partial charge in [-0.3, -0.25) is 28.9 Å². The Labute approximate surface area is 490 Å². The number of fused-ring (bicyclic) bond motifs is 1. The topological polar surface area (TPSA) is 240 Å². The molecule has 4 rings (SSSR count). The van der Waals surface area contributed by atoms with Crippen molar-refractivity contribution in [2.24, 2.45) is 23.7 Å². The average molecular weight is 1250 g/mol. The van der Waals surface area contributed by atoms with Crippen LogP contribution in [-0.2, 0) is 64.7 Å². The Balaban J connectivity index is 1.24. The minimum Gasteiger partial charge on any atom is -0.480 e. The predicted octanol–water partition coefficient (Wildman–Crippen LogP) is 6.03. The summed E-state index contributed by atoms with van der Waals surface area (Å²) in [5.41, 5.74) is 4.30. The number of carbonyl (C=O) groups is 6. The summed E-state index contributed by atoms with van der Waals surface area (Å²) in [5, 5.41) is 19.8. The number of rotatable bonds is 36. The molecule has 0 bridgehead atoms. The van der Waals surface area contributed by atoms with E-state index in [0.29, 0.717) is 100 Å². The number of hydrogen-bond donors (Lipinski definition) is 4. The Kier molecular flexibility index (Phi) is 29.4. The van der Waals surface area contributed by atoms with Crippen molar-refractivity contribution in [3.05, 3.63) is 71.0 Å². The van der Waals surface area contributed by atoms with Crippen molar-refractivity contribution < 1.29 is 57.6 Å². The summed E-state index contributed by atoms with van der Waals surface area (Å²) in [6, 6.07) is 10.7. The fourth-order valence-corrected chi connectivity index (χ4v) is 11.3. The number of nitrogens with zero attached hydrogens (tertiary/aromatic N) is 5. The largest absolute Gasteiger partial charge is 0.480 e. The standard InChI is InChI=1S/C58H88Br2N8O12/c1-12-38(6)52(48(76-10)33-49(69)68-23-16-19-47(68)53(77-11)39(7)54(70)64-44(58(74)75)31-40-17-14-13-15-18-40)67(9)57(73)50(36(2)3)65-56(72)51(37(4)5)66(8)24-26-79-28-30-80-29-27-78-25-22-61-55(71)41-20-21-42-43(32-41)63-46(35-60)45(34-59)62-42/h13-15,17-18,20-21,32,36-39,44,47-48,50-53H,12,16,19,22-31,33-35H2,1-11H3,(H,61,71)(H,64,70)(H,65,72)(H,74,75)/t38-,39+,44-,47-,48+,50-,51-,52-,53+/m0/s1. The van der Waals surface area contributed by atoms with Crippen molar-refractivity contribution in [2.75, 3.05) is 87.6 Å². The normalized spacial score (nSPS) is 16.7. The fraction of sp³-hybridized carbons (Fsp3) is 0.655. The van der Waals surface area contributed by atoms with E-state index in [1.807, 2.05) is 83.8 Å². The van der Waals surface area contributed by atoms with E-state index in [9.17, 15) is 33.9 Å². The number of benzene rings is 2. The number of aliphatic carboxylic acids is 1. The van der Waals surface area contributed by atoms with E-state index < -0.39 is 60.2 Å². The van der Waals surface area contributed by atoms with Crippen LogP contribution in [0.25, 0.3) is 11.0 Å². The minimum atomic E-state index is -1.15. The number of carboxylic acid groups (broad SMARTS) is 1. The van der Waals surface area contributed by atoms with Gasteiger partial charge in [-0.15, -0.1) is 0 Å². The molecule has 1 saturated heterocycles. The summed E-state index contributed by atoms with van der Waals surface area (Å²) in [6.45, 7) is 16.7. The highest BCUT2D eigenvalue weighted by molar-refractivity contribution is 9.09. The zero-order chi connectivity index (χ0) is 59.1. The molecule has 9 atom stereocenters. The molecule has 0 aliphatic carbocycles. The number of halogens is 2. The van der Waals surface area contributed by atoms with E-state index in [2.05, 4.69) is 57.8 Å². The second-order valence-electron chi connectivity index (χ2n) is 21.3. The molecule has 80 heavy (non-hydrogen) atoms. The van der Waals surface area contributed by atoms with Gasteiger partial charge in [0.25, 0.3) is 5.91 Å². The molecule has 1 aliphatic rings. The van der Waals surface area contributed by atoms with Crippen LogP contribution in [0.1, 0.15) is 101 Å². The maximum absolute atomic E-state index is 14.7. The lowest BCUT2D eigenvalue weighted by molar-refractivity contribution is -0.148. The molecule has 446 valence electrons. The number of hydrogen-bond acceptors (Lipinski definition) is 14. The van der Waals surface area contributed by atoms with Crippen molar-refractivity contribution >= 4 is 78.4 Å². The summed E-state index contributed by atoms with van der Waals surface area (Å²) < 4.78 is 29.2. The molecule has 20 nitrogen and oxygen atoms in total. The number of amides is 5. The van der Waals surface area contributed by atoms with Gasteiger partial charge in [-0.25, -0.2) is 14.8 Å². The second-order valence-corrected chi connectivity index (χ2v) is 22.4. The van der Waals surface area contributed by atoms with Gasteiger partial charge in [-0.05, 0) is 61.4 Å². The Morgan fingerprint density at radius 2 is 1.41 bits per heavy atom. The predicted molar refractivity (Wildman–Crippen MR) is 313 cm³/mol. The molecular formula is C58H88Br2N8O12. The Bertz CT molecular complexity index is 2440. The van der Waals surface area contributed by atoms with Crippen LogP contribution in [0.15, 0.2) is 48.5 Å². The van der Waals surface area contributed by atoms with Gasteiger partial charge < -0.3 is 54.5 Å². The van der Waals surface area contributed by atoms with Crippen LogP contribution < -0.4 is 16.0 Å². The van der Waals surface area contributed by atoms with E-state index in [1.165, 1.54) is 14.2 Å². The molecule has 0 spiro atoms. The maximum atomic E-state index is 14.7. The van der Waals surface area contributed by atoms with Crippen LogP contribution in [0.5, 0.6) is 0 Å². The first-order valence-corrected chi connectivity index (χ1v) is 30.1. The van der Waals surface area contributed by atoms with Crippen LogP contribution in [0.2, 0.25) is 0 Å². The molecule has 1 aromatic heterocycles. The summed E-state index contributed by atoms with van der Waals surface area (Å²) in [4.78, 5) is 96.4. The van der Waals surface area contributed by atoms with Gasteiger partial charge in [-0.2, -0.15) is 0 Å². The first-order valence-electron chi connectivity index (χ1n) is 27.8. The van der Waals surface area contributed by atoms with Gasteiger partial charge in [0, 0.05) is 63.5 Å². The number of carboxylic acids is 1. The fourth-order valence-electron chi connectivity index (χ4n) is 10.4. The second kappa shape index (κ2) is 34.7. The quantitative estimate of drug-likeness (QED) is 0.0384. The van der Waals surface area contributed by atoms with Gasteiger partial charge in [0.1, 0.15) is 12.1 Å². The lowest BCUT2D eigenvalue weighted by Crippen LogP contribution is -2.60. The highest BCUT2D eigenvalue weighted by Gasteiger charge is 2.44. The summed E-state index contributed by atoms with van der Waals surface area (Å²) in [6.07, 6.45) is 0.556. The highest BCUT2D eigenvalue weighted by atomic mass is 79.9. The zero-order valence-corrected chi connectivity index (χ0v) is 51.9. The monoisotopic (exact) mass is 1250 g/mol. The Morgan fingerprint density at radius 1 is 0.787 bits per heavy atom. The minimum absolute atomic E-state index is 0.0535. The number of alkyl halides is 2. The molecule has 2 heterocycles. The van der Waals surface area contributed by atoms with E-state index in [1.54, 1.807) is 42.0 Å². The lowest BCUT2D eigenvalue weighted by Gasteiger charge is -2.41. The third kappa shape index (κ3) is 19.8. The van der Waals surface area contributed by atoms with Gasteiger partial charge >= 0.3 is 5.97 Å². The highest BCUT2D eigenvalue weighted by Crippen LogP contribution is 2.30. The van der Waals surface area contributed by atoms with Gasteiger partial charge in [0.05, 0.1) is 105 Å². The molecule has 1 aliphatic heterocycles. The van der Waals surface area contributed by atoms with Crippen molar-refractivity contribution in [1.29, 1.82) is 0 Å². The molecule has 1 fully saturated rings. The summed E-state index contributed by atoms with van der Waals surface area (Å²) >= 11 is 6.90. The molecular weight excluding hydrogens is 1160 g/mol. The van der Waals surface area contributed by atoms with Gasteiger partial charge in [0.2, 0.25) is 23.6 Å². The first-order chi connectivity index (χ1) is 38.2. The van der Waals surface area contributed by atoms with Gasteiger partial charge in [0.15, 0.2) is 0 Å². The first kappa shape index (κ1) is 67.8. The molecule has 4 N–H and O–H groups in total. The van der Waals surface area contributed by atoms with E-state index in [4.69, 9.17) is 23.7 Å². The van der Waals surface area contributed by atoms with E-state index in [-0.39, 0.29) is 54.2 Å². The summed E-state index contributed by atoms with van der Waals surface area (Å²) in [7, 11) is 6.58. The number of carbonyl (C=O) groups excluding carboxylic acids is 5. The SMILES string of the molecule is CC[C@H](C)[C@@H]([C@@H](CC(=O)N1CCC[C@H]1[C@H](OC)[C@@H](C)C(=O)N[C@@H](Cc1ccccc1)C(=O)O)OC)N(C)C(=O)[C@@H](NC(=O)[C@H](C(C)C)N(C)CCOCCOCCOCCNC(=O)c1ccc2nc(CBr)c(CBr)nc2c1)C(C)C. The smallest absolute Gasteiger partial charge is 0.326 e. The molecule has 2 aromatic carbocycles. The maximum Gasteiger partial charge on any atom is 0.326 e. The van der Waals surface area contributed by atoms with E-state index >= 15 is 0 Å². The molecule has 22 heteroatoms. The molecule has 0 unspecified atom stereocenters. The molecule has 3 aromatic rings. The van der Waals surface area contributed by atoms with Crippen molar-refractivity contribution in [2.45, 2.75) is 134 Å². The van der Waals surface area contributed by atoms with Crippen molar-refractivity contribution in [3.8, 4) is 0 Å². The number of ether oxygens (including phenoxy) is 5. The molecule has 5 amide bonds. The zero-order valence-electron chi connectivity index (χ0n) is 48.7. The van der Waals surface area contributed by atoms with Crippen LogP contribution in [0.3, 0.4) is 0 Å². The van der Waals surface area contributed by atoms with Crippen LogP contribution >= 0.6 is 31.9 Å². The lowest BCUT2D eigenvalue weighted by atomic mass is 9.89. The van der Waals surface area contributed by atoms with E-state index in [0.717, 1.165) is 22.5 Å². The van der Waals surface area contributed by atoms with Crippen LogP contribution in [0.4, 0.5) is 0 Å². The average Bonchev–Trinajstić information content (AvgIpc) is 3.93. The number of aromatic nitrogens is 2. The number of methoxy groups -OCH3 is 2. The molecule has 0 saturated carbocycles. The number of likely N-dealkylation sites (tertiary alicyclic amines) is 1. The van der Waals surface area contributed by atoms with Gasteiger partial charge in [-0.1, -0.05) is 117 Å². The van der Waals surface area contributed by atoms with Crippen LogP contribution in [0, 0.1) is 23.7 Å². The Morgan fingerprint density at radius 3 is 1.99 bits per heavy atom. The summed E-state index contributed by atoms with van der Waals surface area (Å²) in [5.74, 6) is -3.94. The van der Waals surface area contributed by atoms with Crippen molar-refractivity contribution in [3.63, 3.8) is 0 Å². The number of likely N-dealkylation sites (N-methyl/N-ethyl adjacent to an activating group) is 2. The molecule has 0 radical (unpaired) electrons. The third-order valence-corrected chi connectivity index (χ3v) is 16.0. The van der Waals surface area contributed by atoms with Crippen molar-refractivity contribution in [1.82, 2.24) is 40.6 Å². The van der Waals surface area contributed by atoms with Crippen LogP contribution in [-0.4, -0.2) is 195 Å². The number of nitrogens with one attached hydrogen (secondary N) is 3. The Hall–Kier alpha value is -4.68. The third-order valence-electron chi connectivity index (χ3n) is 15.0.